The number of esters is 1. The van der Waals surface area contributed by atoms with Gasteiger partial charge in [-0.1, -0.05) is 61.9 Å². The van der Waals surface area contributed by atoms with Gasteiger partial charge in [0, 0.05) is 4.70 Å². The summed E-state index contributed by atoms with van der Waals surface area (Å²) < 4.78 is 6.46. The molecule has 0 aliphatic rings. The number of rotatable bonds is 3. The van der Waals surface area contributed by atoms with Gasteiger partial charge >= 0.3 is 5.97 Å². The molecule has 0 fully saturated rings. The molecule has 0 radical (unpaired) electrons. The van der Waals surface area contributed by atoms with E-state index in [2.05, 4.69) is 12.1 Å². The van der Waals surface area contributed by atoms with Gasteiger partial charge in [0.25, 0.3) is 0 Å². The molecule has 3 heteroatoms. The highest BCUT2D eigenvalue weighted by molar-refractivity contribution is 7.20. The van der Waals surface area contributed by atoms with Crippen molar-refractivity contribution in [2.75, 3.05) is 0 Å². The number of ether oxygens (including phenoxy) is 1. The molecule has 22 heavy (non-hydrogen) atoms. The van der Waals surface area contributed by atoms with Gasteiger partial charge in [-0.25, -0.2) is 4.79 Å². The van der Waals surface area contributed by atoms with Gasteiger partial charge in [-0.15, -0.1) is 11.3 Å². The Labute approximate surface area is 135 Å². The summed E-state index contributed by atoms with van der Waals surface area (Å²) in [4.78, 5) is 12.7. The van der Waals surface area contributed by atoms with Crippen LogP contribution in [0.2, 0.25) is 0 Å². The molecule has 0 atom stereocenters. The highest BCUT2D eigenvalue weighted by Crippen LogP contribution is 2.27. The van der Waals surface area contributed by atoms with Gasteiger partial charge < -0.3 is 4.74 Å². The number of carbonyl (C=O) groups is 1. The van der Waals surface area contributed by atoms with E-state index in [1.807, 2.05) is 63.2 Å². The molecule has 0 aliphatic heterocycles. The molecule has 0 aliphatic carbocycles. The van der Waals surface area contributed by atoms with E-state index >= 15 is 0 Å². The van der Waals surface area contributed by atoms with Crippen LogP contribution in [0.4, 0.5) is 0 Å². The summed E-state index contributed by atoms with van der Waals surface area (Å²) in [6.07, 6.45) is 0. The molecule has 3 rings (SSSR count). The summed E-state index contributed by atoms with van der Waals surface area (Å²) in [6.45, 7) is 6.36. The Morgan fingerprint density at radius 1 is 1.05 bits per heavy atom. The minimum Gasteiger partial charge on any atom is -0.457 e. The summed E-state index contributed by atoms with van der Waals surface area (Å²) in [6, 6.07) is 17.8. The molecule has 0 saturated carbocycles. The lowest BCUT2D eigenvalue weighted by Crippen LogP contribution is -2.02. The first-order valence-electron chi connectivity index (χ1n) is 7.43. The number of hydrogen-bond donors (Lipinski definition) is 0. The van der Waals surface area contributed by atoms with Crippen molar-refractivity contribution in [2.24, 2.45) is 0 Å². The summed E-state index contributed by atoms with van der Waals surface area (Å²) in [5.41, 5.74) is 2.19. The lowest BCUT2D eigenvalue weighted by molar-refractivity contribution is 0.0478. The van der Waals surface area contributed by atoms with Gasteiger partial charge in [-0.2, -0.15) is 0 Å². The van der Waals surface area contributed by atoms with Crippen molar-refractivity contribution in [1.29, 1.82) is 0 Å². The van der Waals surface area contributed by atoms with Crippen molar-refractivity contribution in [2.45, 2.75) is 27.4 Å². The zero-order valence-electron chi connectivity index (χ0n) is 13.1. The zero-order valence-corrected chi connectivity index (χ0v) is 13.9. The van der Waals surface area contributed by atoms with E-state index in [1.54, 1.807) is 0 Å². The molecular weight excluding hydrogens is 292 g/mol. The SMILES string of the molecule is CC.Cc1ccc2sc(C(=O)OCc3ccccc3)cc2c1. The van der Waals surface area contributed by atoms with E-state index in [1.165, 1.54) is 16.9 Å². The second kappa shape index (κ2) is 7.76. The first kappa shape index (κ1) is 16.2. The first-order valence-corrected chi connectivity index (χ1v) is 8.25. The molecule has 0 N–H and O–H groups in total. The minimum absolute atomic E-state index is 0.257. The average Bonchev–Trinajstić information content (AvgIpc) is 2.98. The van der Waals surface area contributed by atoms with Gasteiger partial charge in [0.05, 0.1) is 0 Å². The smallest absolute Gasteiger partial charge is 0.348 e. The average molecular weight is 312 g/mol. The van der Waals surface area contributed by atoms with Crippen LogP contribution in [0.25, 0.3) is 10.1 Å². The van der Waals surface area contributed by atoms with Crippen LogP contribution in [-0.2, 0) is 11.3 Å². The normalized spacial score (nSPS) is 9.95. The molecule has 0 bridgehead atoms. The van der Waals surface area contributed by atoms with Crippen molar-refractivity contribution in [3.8, 4) is 0 Å². The van der Waals surface area contributed by atoms with E-state index < -0.39 is 0 Å². The number of hydrogen-bond acceptors (Lipinski definition) is 3. The quantitative estimate of drug-likeness (QED) is 0.589. The van der Waals surface area contributed by atoms with Crippen LogP contribution in [0.5, 0.6) is 0 Å². The van der Waals surface area contributed by atoms with Crippen molar-refractivity contribution in [3.05, 3.63) is 70.6 Å². The Bertz CT molecular complexity index is 744. The van der Waals surface area contributed by atoms with Gasteiger partial charge in [0.1, 0.15) is 11.5 Å². The van der Waals surface area contributed by atoms with E-state index in [4.69, 9.17) is 4.74 Å². The Kier molecular flexibility index (Phi) is 5.73. The fourth-order valence-electron chi connectivity index (χ4n) is 2.06. The third-order valence-corrected chi connectivity index (χ3v) is 4.18. The summed E-state index contributed by atoms with van der Waals surface area (Å²) >= 11 is 1.47. The van der Waals surface area contributed by atoms with E-state index in [0.717, 1.165) is 15.6 Å². The number of aryl methyl sites for hydroxylation is 1. The first-order chi connectivity index (χ1) is 10.7. The van der Waals surface area contributed by atoms with Crippen LogP contribution >= 0.6 is 11.3 Å². The maximum Gasteiger partial charge on any atom is 0.348 e. The molecule has 0 unspecified atom stereocenters. The van der Waals surface area contributed by atoms with Crippen LogP contribution in [0, 0.1) is 6.92 Å². The highest BCUT2D eigenvalue weighted by Gasteiger charge is 2.11. The van der Waals surface area contributed by atoms with Gasteiger partial charge in [-0.3, -0.25) is 0 Å². The van der Waals surface area contributed by atoms with Crippen LogP contribution < -0.4 is 0 Å². The molecule has 114 valence electrons. The molecule has 0 amide bonds. The fraction of sp³-hybridized carbons (Fsp3) is 0.211. The lowest BCUT2D eigenvalue weighted by atomic mass is 10.2. The predicted molar refractivity (Wildman–Crippen MR) is 93.5 cm³/mol. The van der Waals surface area contributed by atoms with Crippen LogP contribution in [0.1, 0.15) is 34.6 Å². The second-order valence-corrected chi connectivity index (χ2v) is 5.80. The molecule has 2 nitrogen and oxygen atoms in total. The third-order valence-electron chi connectivity index (χ3n) is 3.09. The minimum atomic E-state index is -0.257. The monoisotopic (exact) mass is 312 g/mol. The predicted octanol–water partition coefficient (Wildman–Crippen LogP) is 5.59. The Balaban J connectivity index is 0.000000847. The number of carbonyl (C=O) groups excluding carboxylic acids is 1. The van der Waals surface area contributed by atoms with Crippen molar-refractivity contribution in [1.82, 2.24) is 0 Å². The lowest BCUT2D eigenvalue weighted by Gasteiger charge is -2.02. The Morgan fingerprint density at radius 2 is 1.77 bits per heavy atom. The maximum atomic E-state index is 12.1. The summed E-state index contributed by atoms with van der Waals surface area (Å²) in [5, 5.41) is 1.10. The zero-order chi connectivity index (χ0) is 15.9. The van der Waals surface area contributed by atoms with Crippen molar-refractivity contribution < 1.29 is 9.53 Å². The molecule has 3 aromatic rings. The summed E-state index contributed by atoms with van der Waals surface area (Å²) in [5.74, 6) is -0.257. The van der Waals surface area contributed by atoms with Crippen LogP contribution in [-0.4, -0.2) is 5.97 Å². The van der Waals surface area contributed by atoms with Crippen LogP contribution in [0.3, 0.4) is 0 Å². The topological polar surface area (TPSA) is 26.3 Å². The molecule has 0 spiro atoms. The molecule has 2 aromatic carbocycles. The Hall–Kier alpha value is -2.13. The molecule has 1 heterocycles. The van der Waals surface area contributed by atoms with Gasteiger partial charge in [-0.05, 0) is 30.0 Å². The number of benzene rings is 2. The second-order valence-electron chi connectivity index (χ2n) is 4.71. The van der Waals surface area contributed by atoms with Gasteiger partial charge in [0.15, 0.2) is 0 Å². The Morgan fingerprint density at radius 3 is 2.50 bits per heavy atom. The summed E-state index contributed by atoms with van der Waals surface area (Å²) in [7, 11) is 0. The molecule has 0 saturated heterocycles. The fourth-order valence-corrected chi connectivity index (χ4v) is 2.99. The van der Waals surface area contributed by atoms with E-state index in [9.17, 15) is 4.79 Å². The van der Waals surface area contributed by atoms with Crippen molar-refractivity contribution in [3.63, 3.8) is 0 Å². The highest BCUT2D eigenvalue weighted by atomic mass is 32.1. The number of fused-ring (bicyclic) bond motifs is 1. The van der Waals surface area contributed by atoms with Crippen LogP contribution in [0.15, 0.2) is 54.6 Å². The van der Waals surface area contributed by atoms with E-state index in [0.29, 0.717) is 11.5 Å². The van der Waals surface area contributed by atoms with Gasteiger partial charge in [0.2, 0.25) is 0 Å². The maximum absolute atomic E-state index is 12.1. The molecular formula is C19H20O2S. The third kappa shape index (κ3) is 3.95. The molecule has 1 aromatic heterocycles. The largest absolute Gasteiger partial charge is 0.457 e. The van der Waals surface area contributed by atoms with E-state index in [-0.39, 0.29) is 5.97 Å². The standard InChI is InChI=1S/C17H14O2S.C2H6/c1-12-7-8-15-14(9-12)10-16(20-15)17(18)19-11-13-5-3-2-4-6-13;1-2/h2-10H,11H2,1H3;1-2H3. The van der Waals surface area contributed by atoms with Crippen molar-refractivity contribution >= 4 is 27.4 Å². The number of thiophene rings is 1.